The number of nitrogens with zero attached hydrogens (tertiary/aromatic N) is 4. The molecule has 0 bridgehead atoms. The third-order valence-corrected chi connectivity index (χ3v) is 5.11. The summed E-state index contributed by atoms with van der Waals surface area (Å²) in [5, 5.41) is 24.6. The van der Waals surface area contributed by atoms with Gasteiger partial charge in [-0.15, -0.1) is 0 Å². The molecular formula is C19H19FN4O4. The second-order valence-corrected chi connectivity index (χ2v) is 6.74. The molecule has 4 rings (SSSR count). The lowest BCUT2D eigenvalue weighted by atomic mass is 10.2. The zero-order chi connectivity index (χ0) is 20.0. The minimum absolute atomic E-state index is 0.0133. The third kappa shape index (κ3) is 2.66. The Balaban J connectivity index is 1.88. The van der Waals surface area contributed by atoms with Gasteiger partial charge < -0.3 is 19.7 Å². The average Bonchev–Trinajstić information content (AvgIpc) is 3.00. The molecule has 1 aliphatic heterocycles. The van der Waals surface area contributed by atoms with Gasteiger partial charge in [0.15, 0.2) is 11.4 Å². The molecule has 3 aromatic rings. The number of amides is 1. The molecular weight excluding hydrogens is 367 g/mol. The highest BCUT2D eigenvalue weighted by Crippen LogP contribution is 2.36. The molecule has 3 heterocycles. The lowest BCUT2D eigenvalue weighted by Gasteiger charge is -2.33. The van der Waals surface area contributed by atoms with Crippen molar-refractivity contribution in [3.05, 3.63) is 57.9 Å². The average molecular weight is 386 g/mol. The fraction of sp³-hybridized carbons (Fsp3) is 0.316. The number of aromatic nitrogens is 3. The zero-order valence-corrected chi connectivity index (χ0v) is 15.2. The van der Waals surface area contributed by atoms with Crippen LogP contribution in [0, 0.1) is 5.82 Å². The third-order valence-electron chi connectivity index (χ3n) is 5.11. The SMILES string of the molecule is CCN1C[C@H](CO)n2c(c(O)c3c(=O)n(Cc4ccc(F)cc4)ncc32)C1=O. The molecule has 28 heavy (non-hydrogen) atoms. The molecule has 8 nitrogen and oxygen atoms in total. The van der Waals surface area contributed by atoms with Gasteiger partial charge in [0.05, 0.1) is 30.9 Å². The highest BCUT2D eigenvalue weighted by atomic mass is 19.1. The number of benzene rings is 1. The summed E-state index contributed by atoms with van der Waals surface area (Å²) in [6, 6.07) is 5.19. The molecule has 1 atom stereocenters. The van der Waals surface area contributed by atoms with Crippen molar-refractivity contribution in [1.29, 1.82) is 0 Å². The van der Waals surface area contributed by atoms with E-state index < -0.39 is 23.3 Å². The van der Waals surface area contributed by atoms with Gasteiger partial charge in [-0.25, -0.2) is 9.07 Å². The van der Waals surface area contributed by atoms with Crippen LogP contribution in [0.4, 0.5) is 4.39 Å². The fourth-order valence-electron chi connectivity index (χ4n) is 3.68. The van der Waals surface area contributed by atoms with E-state index in [-0.39, 0.29) is 36.6 Å². The van der Waals surface area contributed by atoms with Crippen LogP contribution in [-0.4, -0.2) is 55.1 Å². The topological polar surface area (TPSA) is 101 Å². The Morgan fingerprint density at radius 1 is 1.25 bits per heavy atom. The molecule has 1 aliphatic rings. The van der Waals surface area contributed by atoms with Crippen LogP contribution in [0.25, 0.3) is 10.9 Å². The number of carbonyl (C=O) groups is 1. The van der Waals surface area contributed by atoms with E-state index in [0.717, 1.165) is 4.68 Å². The molecule has 2 N–H and O–H groups in total. The highest BCUT2D eigenvalue weighted by molar-refractivity contribution is 6.04. The number of fused-ring (bicyclic) bond motifs is 3. The Morgan fingerprint density at radius 2 is 1.96 bits per heavy atom. The predicted molar refractivity (Wildman–Crippen MR) is 98.9 cm³/mol. The lowest BCUT2D eigenvalue weighted by Crippen LogP contribution is -2.43. The van der Waals surface area contributed by atoms with Crippen molar-refractivity contribution in [2.45, 2.75) is 19.5 Å². The maximum atomic E-state index is 13.1. The second kappa shape index (κ2) is 6.75. The highest BCUT2D eigenvalue weighted by Gasteiger charge is 2.36. The molecule has 0 fully saturated rings. The quantitative estimate of drug-likeness (QED) is 0.699. The molecule has 146 valence electrons. The summed E-state index contributed by atoms with van der Waals surface area (Å²) in [4.78, 5) is 27.2. The number of hydrogen-bond donors (Lipinski definition) is 2. The summed E-state index contributed by atoms with van der Waals surface area (Å²) in [6.45, 7) is 2.34. The number of carbonyl (C=O) groups excluding carboxylic acids is 1. The van der Waals surface area contributed by atoms with E-state index in [1.165, 1.54) is 27.8 Å². The molecule has 2 aromatic heterocycles. The number of rotatable bonds is 4. The van der Waals surface area contributed by atoms with Crippen LogP contribution in [0.5, 0.6) is 5.75 Å². The van der Waals surface area contributed by atoms with E-state index in [1.807, 2.05) is 0 Å². The first-order valence-electron chi connectivity index (χ1n) is 8.93. The fourth-order valence-corrected chi connectivity index (χ4v) is 3.68. The van der Waals surface area contributed by atoms with Crippen LogP contribution in [-0.2, 0) is 6.54 Å². The monoisotopic (exact) mass is 386 g/mol. The van der Waals surface area contributed by atoms with Gasteiger partial charge in [0, 0.05) is 13.1 Å². The van der Waals surface area contributed by atoms with Crippen molar-refractivity contribution in [2.75, 3.05) is 19.7 Å². The van der Waals surface area contributed by atoms with Crippen molar-refractivity contribution >= 4 is 16.8 Å². The van der Waals surface area contributed by atoms with E-state index in [2.05, 4.69) is 5.10 Å². The maximum absolute atomic E-state index is 13.1. The second-order valence-electron chi connectivity index (χ2n) is 6.74. The van der Waals surface area contributed by atoms with E-state index >= 15 is 0 Å². The largest absolute Gasteiger partial charge is 0.505 e. The van der Waals surface area contributed by atoms with Crippen molar-refractivity contribution < 1.29 is 19.4 Å². The summed E-state index contributed by atoms with van der Waals surface area (Å²) < 4.78 is 15.7. The molecule has 9 heteroatoms. The molecule has 0 saturated heterocycles. The first-order valence-corrected chi connectivity index (χ1v) is 8.93. The number of likely N-dealkylation sites (N-methyl/N-ethyl adjacent to an activating group) is 1. The standard InChI is InChI=1S/C19H19FN4O4/c1-2-22-9-13(10-25)24-14-7-21-23(8-11-3-5-12(20)6-4-11)18(27)15(14)17(26)16(24)19(22)28/h3-7,13,25-26H,2,8-10H2,1H3/t13-/m1/s1. The number of aliphatic hydroxyl groups is 1. The van der Waals surface area contributed by atoms with E-state index in [1.54, 1.807) is 19.1 Å². The predicted octanol–water partition coefficient (Wildman–Crippen LogP) is 1.10. The first-order chi connectivity index (χ1) is 13.5. The molecule has 0 unspecified atom stereocenters. The Kier molecular flexibility index (Phi) is 4.38. The minimum Gasteiger partial charge on any atom is -0.505 e. The van der Waals surface area contributed by atoms with Crippen molar-refractivity contribution in [2.24, 2.45) is 0 Å². The van der Waals surface area contributed by atoms with Crippen molar-refractivity contribution in [3.8, 4) is 5.75 Å². The van der Waals surface area contributed by atoms with Crippen LogP contribution in [0.3, 0.4) is 0 Å². The van der Waals surface area contributed by atoms with Gasteiger partial charge in [0.25, 0.3) is 11.5 Å². The summed E-state index contributed by atoms with van der Waals surface area (Å²) >= 11 is 0. The summed E-state index contributed by atoms with van der Waals surface area (Å²) in [7, 11) is 0. The van der Waals surface area contributed by atoms with E-state index in [4.69, 9.17) is 0 Å². The molecule has 0 radical (unpaired) electrons. The van der Waals surface area contributed by atoms with Crippen molar-refractivity contribution in [1.82, 2.24) is 19.2 Å². The molecule has 0 aliphatic carbocycles. The Hall–Kier alpha value is -3.20. The number of hydrogen-bond acceptors (Lipinski definition) is 5. The maximum Gasteiger partial charge on any atom is 0.280 e. The van der Waals surface area contributed by atoms with Gasteiger partial charge in [0.1, 0.15) is 11.2 Å². The number of aromatic hydroxyl groups is 1. The van der Waals surface area contributed by atoms with E-state index in [0.29, 0.717) is 17.6 Å². The van der Waals surface area contributed by atoms with Gasteiger partial charge in [-0.05, 0) is 24.6 Å². The van der Waals surface area contributed by atoms with Crippen LogP contribution < -0.4 is 5.56 Å². The lowest BCUT2D eigenvalue weighted by molar-refractivity contribution is 0.0638. The van der Waals surface area contributed by atoms with Gasteiger partial charge >= 0.3 is 0 Å². The summed E-state index contributed by atoms with van der Waals surface area (Å²) in [5.74, 6) is -1.19. The molecule has 0 saturated carbocycles. The first kappa shape index (κ1) is 18.2. The van der Waals surface area contributed by atoms with Crippen molar-refractivity contribution in [3.63, 3.8) is 0 Å². The van der Waals surface area contributed by atoms with Gasteiger partial charge in [-0.2, -0.15) is 5.10 Å². The van der Waals surface area contributed by atoms with Gasteiger partial charge in [-0.3, -0.25) is 9.59 Å². The van der Waals surface area contributed by atoms with Gasteiger partial charge in [-0.1, -0.05) is 12.1 Å². The molecule has 1 aromatic carbocycles. The molecule has 0 spiro atoms. The Morgan fingerprint density at radius 3 is 2.61 bits per heavy atom. The van der Waals surface area contributed by atoms with Crippen LogP contribution in [0.1, 0.15) is 29.0 Å². The summed E-state index contributed by atoms with van der Waals surface area (Å²) in [6.07, 6.45) is 1.40. The Labute approximate surface area is 159 Å². The number of aliphatic hydroxyl groups excluding tert-OH is 1. The number of halogens is 1. The smallest absolute Gasteiger partial charge is 0.280 e. The zero-order valence-electron chi connectivity index (χ0n) is 15.2. The minimum atomic E-state index is -0.561. The van der Waals surface area contributed by atoms with Crippen LogP contribution >= 0.6 is 0 Å². The van der Waals surface area contributed by atoms with Gasteiger partial charge in [0.2, 0.25) is 0 Å². The summed E-state index contributed by atoms with van der Waals surface area (Å²) in [5.41, 5.74) is 0.394. The van der Waals surface area contributed by atoms with E-state index in [9.17, 15) is 24.2 Å². The van der Waals surface area contributed by atoms with Crippen LogP contribution in [0.15, 0.2) is 35.3 Å². The molecule has 1 amide bonds. The normalized spacial score (nSPS) is 16.6. The van der Waals surface area contributed by atoms with Crippen LogP contribution in [0.2, 0.25) is 0 Å². The Bertz CT molecular complexity index is 1120.